The van der Waals surface area contributed by atoms with Gasteiger partial charge in [0.05, 0.1) is 29.5 Å². The lowest BCUT2D eigenvalue weighted by molar-refractivity contribution is -0.181. The number of carbonyl (C=O) groups excluding carboxylic acids is 7. The highest BCUT2D eigenvalue weighted by Crippen LogP contribution is 2.52. The van der Waals surface area contributed by atoms with Crippen LogP contribution in [0.5, 0.6) is 5.75 Å². The van der Waals surface area contributed by atoms with Crippen molar-refractivity contribution in [2.24, 2.45) is 40.2 Å². The fraction of sp³-hybridized carbons (Fsp3) is 0.639. The number of rotatable bonds is 8. The largest absolute Gasteiger partial charge is 0.507 e. The van der Waals surface area contributed by atoms with Gasteiger partial charge in [-0.3, -0.25) is 33.7 Å². The summed E-state index contributed by atoms with van der Waals surface area (Å²) in [5.41, 5.74) is 2.19. The molecule has 3 aliphatic rings. The minimum atomic E-state index is -2.85. The zero-order valence-corrected chi connectivity index (χ0v) is 31.0. The first-order chi connectivity index (χ1) is 23.3. The number of ether oxygens (including phenoxy) is 2. The number of carbonyl (C=O) groups is 7. The number of Topliss-reactive ketones (excluding diaryl/α,β-unsaturated/α-hetero) is 4. The van der Waals surface area contributed by atoms with Crippen molar-refractivity contribution in [2.75, 3.05) is 46.4 Å². The van der Waals surface area contributed by atoms with E-state index < -0.39 is 99.8 Å². The molecule has 1 aromatic rings. The Labute approximate surface area is 297 Å². The molecule has 2 saturated carbocycles. The molecule has 4 N–H and O–H groups in total. The molecule has 0 aromatic heterocycles. The number of likely N-dealkylation sites (N-methyl/N-ethyl adjacent to an activating group) is 1. The van der Waals surface area contributed by atoms with Crippen LogP contribution in [0, 0.1) is 34.5 Å². The summed E-state index contributed by atoms with van der Waals surface area (Å²) in [4.78, 5) is 97.9. The van der Waals surface area contributed by atoms with Crippen molar-refractivity contribution in [1.82, 2.24) is 9.80 Å². The van der Waals surface area contributed by atoms with Crippen LogP contribution in [-0.4, -0.2) is 114 Å². The summed E-state index contributed by atoms with van der Waals surface area (Å²) < 4.78 is 10.4. The number of phenolic OH excluding ortho intramolecular Hbond substituents is 1. The van der Waals surface area contributed by atoms with Gasteiger partial charge in [0.15, 0.2) is 34.7 Å². The summed E-state index contributed by atoms with van der Waals surface area (Å²) in [6, 6.07) is 0.431. The van der Waals surface area contributed by atoms with E-state index in [2.05, 4.69) is 0 Å². The third-order valence-electron chi connectivity index (χ3n) is 9.87. The molecule has 0 radical (unpaired) electrons. The molecule has 0 spiro atoms. The Kier molecular flexibility index (Phi) is 10.5. The van der Waals surface area contributed by atoms with Gasteiger partial charge in [-0.05, 0) is 70.7 Å². The number of hydrogen-bond donors (Lipinski definition) is 3. The van der Waals surface area contributed by atoms with E-state index in [4.69, 9.17) is 15.2 Å². The molecule has 2 amide bonds. The lowest BCUT2D eigenvalue weighted by atomic mass is 9.52. The summed E-state index contributed by atoms with van der Waals surface area (Å²) in [6.07, 6.45) is -0.841. The van der Waals surface area contributed by atoms with Gasteiger partial charge in [0, 0.05) is 37.8 Å². The maximum absolute atomic E-state index is 14.4. The molecule has 4 rings (SSSR count). The van der Waals surface area contributed by atoms with Crippen molar-refractivity contribution >= 4 is 46.8 Å². The number of primary amides is 1. The molecule has 15 nitrogen and oxygen atoms in total. The Morgan fingerprint density at radius 2 is 1.59 bits per heavy atom. The number of ketones is 4. The van der Waals surface area contributed by atoms with Crippen molar-refractivity contribution in [3.63, 3.8) is 0 Å². The maximum atomic E-state index is 14.4. The summed E-state index contributed by atoms with van der Waals surface area (Å²) in [7, 11) is 6.51. The van der Waals surface area contributed by atoms with Gasteiger partial charge < -0.3 is 35.2 Å². The number of aromatic hydroxyl groups is 1. The number of amides is 2. The molecule has 0 aliphatic heterocycles. The van der Waals surface area contributed by atoms with Gasteiger partial charge in [-0.15, -0.1) is 0 Å². The summed E-state index contributed by atoms with van der Waals surface area (Å²) in [5.74, 6) is -12.1. The number of nitrogens with two attached hydrogens (primary N) is 1. The van der Waals surface area contributed by atoms with Gasteiger partial charge >= 0.3 is 12.1 Å². The van der Waals surface area contributed by atoms with Crippen LogP contribution >= 0.6 is 0 Å². The summed E-state index contributed by atoms with van der Waals surface area (Å²) >= 11 is 0. The van der Waals surface area contributed by atoms with E-state index in [0.717, 1.165) is 0 Å². The van der Waals surface area contributed by atoms with Crippen LogP contribution in [0.3, 0.4) is 0 Å². The molecule has 2 fully saturated rings. The molecule has 1 aromatic carbocycles. The lowest BCUT2D eigenvalue weighted by Crippen LogP contribution is -2.74. The molecule has 0 bridgehead atoms. The standard InChI is InChI=1S/C36H50N4O11/c1-34(2,3)15-40(33(48)51-16-50-32(47)35(4,5)6)14-18-13-21(38(7)8)19-11-17-12-20-25(39(9)10)28(43)24(31(37)46)30(45)36(20,49)29(44)22(17)27(42)23(19)26(18)41/h13,17,20,22,24-25,41,49H,11-12,14-16H2,1-10H3,(H2,37,46)/t17-,20-,22?,24?,25-,36-/m1/s1. The van der Waals surface area contributed by atoms with Gasteiger partial charge in [0.1, 0.15) is 5.75 Å². The van der Waals surface area contributed by atoms with Crippen molar-refractivity contribution in [3.05, 3.63) is 22.8 Å². The fourth-order valence-electron chi connectivity index (χ4n) is 7.63. The zero-order valence-electron chi connectivity index (χ0n) is 31.0. The minimum Gasteiger partial charge on any atom is -0.507 e. The van der Waals surface area contributed by atoms with Crippen molar-refractivity contribution < 1.29 is 53.2 Å². The second-order valence-corrected chi connectivity index (χ2v) is 16.6. The first kappa shape index (κ1) is 39.4. The van der Waals surface area contributed by atoms with Gasteiger partial charge in [0.25, 0.3) is 0 Å². The minimum absolute atomic E-state index is 0.0791. The number of nitrogens with zero attached hydrogens (tertiary/aromatic N) is 3. The van der Waals surface area contributed by atoms with Crippen LogP contribution < -0.4 is 10.6 Å². The Bertz CT molecular complexity index is 1670. The number of hydrogen-bond acceptors (Lipinski definition) is 13. The molecule has 15 heteroatoms. The van der Waals surface area contributed by atoms with E-state index in [1.54, 1.807) is 45.8 Å². The lowest BCUT2D eigenvalue weighted by Gasteiger charge is -2.52. The molecule has 0 heterocycles. The van der Waals surface area contributed by atoms with Crippen molar-refractivity contribution in [1.29, 1.82) is 0 Å². The van der Waals surface area contributed by atoms with Crippen LogP contribution in [-0.2, 0) is 46.4 Å². The van der Waals surface area contributed by atoms with Gasteiger partial charge in [-0.25, -0.2) is 4.79 Å². The number of anilines is 1. The number of aliphatic hydroxyl groups is 1. The van der Waals surface area contributed by atoms with Crippen LogP contribution in [0.15, 0.2) is 6.07 Å². The predicted molar refractivity (Wildman–Crippen MR) is 182 cm³/mol. The number of fused-ring (bicyclic) bond motifs is 3. The number of esters is 1. The topological polar surface area (TPSA) is 214 Å². The normalized spacial score (nSPS) is 26.2. The molecule has 2 unspecified atom stereocenters. The van der Waals surface area contributed by atoms with Gasteiger partial charge in [-0.1, -0.05) is 20.8 Å². The van der Waals surface area contributed by atoms with Crippen molar-refractivity contribution in [2.45, 2.75) is 72.6 Å². The van der Waals surface area contributed by atoms with Crippen LogP contribution in [0.1, 0.15) is 69.4 Å². The molecule has 6 atom stereocenters. The van der Waals surface area contributed by atoms with E-state index in [9.17, 15) is 43.8 Å². The zero-order chi connectivity index (χ0) is 38.7. The van der Waals surface area contributed by atoms with E-state index in [0.29, 0.717) is 11.3 Å². The smallest absolute Gasteiger partial charge is 0.412 e. The first-order valence-electron chi connectivity index (χ1n) is 16.8. The Morgan fingerprint density at radius 3 is 2.10 bits per heavy atom. The summed E-state index contributed by atoms with van der Waals surface area (Å²) in [6.45, 7) is 9.85. The van der Waals surface area contributed by atoms with E-state index in [1.165, 1.54) is 23.9 Å². The summed E-state index contributed by atoms with van der Waals surface area (Å²) in [5, 5.41) is 23.6. The van der Waals surface area contributed by atoms with Crippen LogP contribution in [0.4, 0.5) is 10.5 Å². The molecule has 0 saturated heterocycles. The van der Waals surface area contributed by atoms with Gasteiger partial charge in [-0.2, -0.15) is 0 Å². The molecule has 51 heavy (non-hydrogen) atoms. The predicted octanol–water partition coefficient (Wildman–Crippen LogP) is 1.46. The van der Waals surface area contributed by atoms with E-state index >= 15 is 0 Å². The SMILES string of the molecule is CN(C)c1cc(CN(CC(C)(C)C)C(=O)OCOC(=O)C(C)(C)C)c(O)c2c1C[C@@H]1C[C@@H]3[C@@H](N(C)C)C(=O)C(C(N)=O)C(=O)[C@]3(O)C(=O)C1C2=O. The molecule has 280 valence electrons. The van der Waals surface area contributed by atoms with Crippen LogP contribution in [0.2, 0.25) is 0 Å². The Balaban J connectivity index is 1.77. The third kappa shape index (κ3) is 7.10. The molecular formula is C36H50N4O11. The average molecular weight is 715 g/mol. The number of phenols is 1. The monoisotopic (exact) mass is 714 g/mol. The van der Waals surface area contributed by atoms with Gasteiger partial charge in [0.2, 0.25) is 12.7 Å². The highest BCUT2D eigenvalue weighted by atomic mass is 16.7. The van der Waals surface area contributed by atoms with E-state index in [-0.39, 0.29) is 37.1 Å². The fourth-order valence-corrected chi connectivity index (χ4v) is 7.63. The molecule has 3 aliphatic carbocycles. The van der Waals surface area contributed by atoms with Crippen molar-refractivity contribution in [3.8, 4) is 5.75 Å². The Morgan fingerprint density at radius 1 is 0.980 bits per heavy atom. The quantitative estimate of drug-likeness (QED) is 0.198. The highest BCUT2D eigenvalue weighted by Gasteiger charge is 2.69. The van der Waals surface area contributed by atoms with E-state index in [1.807, 2.05) is 20.8 Å². The first-order valence-corrected chi connectivity index (χ1v) is 16.8. The Hall–Kier alpha value is -4.37. The molecular weight excluding hydrogens is 664 g/mol. The van der Waals surface area contributed by atoms with Crippen LogP contribution in [0.25, 0.3) is 0 Å². The second-order valence-electron chi connectivity index (χ2n) is 16.6. The average Bonchev–Trinajstić information content (AvgIpc) is 2.98. The second kappa shape index (κ2) is 13.6. The third-order valence-corrected chi connectivity index (χ3v) is 9.87. The maximum Gasteiger partial charge on any atom is 0.412 e. The number of benzene rings is 1. The highest BCUT2D eigenvalue weighted by molar-refractivity contribution is 6.32.